The van der Waals surface area contributed by atoms with Gasteiger partial charge in [-0.3, -0.25) is 4.79 Å². The van der Waals surface area contributed by atoms with Crippen LogP contribution >= 0.6 is 0 Å². The Morgan fingerprint density at radius 2 is 2.19 bits per heavy atom. The second-order valence-corrected chi connectivity index (χ2v) is 4.11. The quantitative estimate of drug-likeness (QED) is 0.778. The molecule has 0 aliphatic carbocycles. The number of aryl methyl sites for hydroxylation is 1. The van der Waals surface area contributed by atoms with Gasteiger partial charge in [0.2, 0.25) is 5.91 Å². The smallest absolute Gasteiger partial charge is 0.231 e. The molecule has 1 aromatic rings. The van der Waals surface area contributed by atoms with E-state index in [1.54, 1.807) is 0 Å². The van der Waals surface area contributed by atoms with Gasteiger partial charge in [0.05, 0.1) is 19.1 Å². The number of rotatable bonds is 2. The molecule has 1 heterocycles. The van der Waals surface area contributed by atoms with Crippen LogP contribution in [-0.4, -0.2) is 25.2 Å². The zero-order valence-electron chi connectivity index (χ0n) is 9.27. The molecule has 2 atom stereocenters. The lowest BCUT2D eigenvalue weighted by Gasteiger charge is -2.14. The van der Waals surface area contributed by atoms with Crippen molar-refractivity contribution in [3.05, 3.63) is 29.8 Å². The van der Waals surface area contributed by atoms with Gasteiger partial charge >= 0.3 is 0 Å². The van der Waals surface area contributed by atoms with Gasteiger partial charge in [-0.2, -0.15) is 0 Å². The van der Waals surface area contributed by atoms with Crippen LogP contribution in [-0.2, 0) is 9.53 Å². The number of hydrogen-bond donors (Lipinski definition) is 2. The van der Waals surface area contributed by atoms with Crippen LogP contribution in [0, 0.1) is 12.8 Å². The highest BCUT2D eigenvalue weighted by Crippen LogP contribution is 2.17. The predicted molar refractivity (Wildman–Crippen MR) is 62.1 cm³/mol. The van der Waals surface area contributed by atoms with E-state index in [1.807, 2.05) is 31.2 Å². The molecule has 0 spiro atoms. The molecule has 1 amide bonds. The van der Waals surface area contributed by atoms with Crippen LogP contribution in [0.1, 0.15) is 5.56 Å². The van der Waals surface area contributed by atoms with E-state index in [9.17, 15) is 4.79 Å². The van der Waals surface area contributed by atoms with E-state index < -0.39 is 0 Å². The van der Waals surface area contributed by atoms with Gasteiger partial charge in [-0.15, -0.1) is 0 Å². The minimum Gasteiger partial charge on any atom is -0.379 e. The van der Waals surface area contributed by atoms with Crippen molar-refractivity contribution in [2.24, 2.45) is 11.7 Å². The van der Waals surface area contributed by atoms with Gasteiger partial charge in [-0.25, -0.2) is 0 Å². The van der Waals surface area contributed by atoms with Crippen molar-refractivity contribution in [2.75, 3.05) is 18.5 Å². The van der Waals surface area contributed by atoms with E-state index in [0.717, 1.165) is 11.3 Å². The normalized spacial score (nSPS) is 24.4. The van der Waals surface area contributed by atoms with E-state index in [1.165, 1.54) is 0 Å². The fourth-order valence-corrected chi connectivity index (χ4v) is 1.78. The third-order valence-corrected chi connectivity index (χ3v) is 2.86. The second kappa shape index (κ2) is 4.63. The maximum Gasteiger partial charge on any atom is 0.231 e. The lowest BCUT2D eigenvalue weighted by molar-refractivity contribution is -0.120. The van der Waals surface area contributed by atoms with Crippen LogP contribution < -0.4 is 11.1 Å². The van der Waals surface area contributed by atoms with Crippen LogP contribution in [0.25, 0.3) is 0 Å². The zero-order valence-corrected chi connectivity index (χ0v) is 9.27. The summed E-state index contributed by atoms with van der Waals surface area (Å²) in [5, 5.41) is 2.88. The summed E-state index contributed by atoms with van der Waals surface area (Å²) in [6.07, 6.45) is 0. The standard InChI is InChI=1S/C12H16N2O2/c1-8-4-2-3-5-11(8)14-12(15)9-6-16-7-10(9)13/h2-5,9-10H,6-7,13H2,1H3,(H,14,15). The number of anilines is 1. The van der Waals surface area contributed by atoms with Crippen LogP contribution in [0.5, 0.6) is 0 Å². The predicted octanol–water partition coefficient (Wildman–Crippen LogP) is 0.907. The molecule has 0 bridgehead atoms. The first-order valence-corrected chi connectivity index (χ1v) is 5.38. The van der Waals surface area contributed by atoms with E-state index in [4.69, 9.17) is 10.5 Å². The lowest BCUT2D eigenvalue weighted by Crippen LogP contribution is -2.37. The van der Waals surface area contributed by atoms with E-state index in [2.05, 4.69) is 5.32 Å². The molecule has 1 aliphatic rings. The Bertz CT molecular complexity index is 392. The number of carbonyl (C=O) groups is 1. The van der Waals surface area contributed by atoms with Crippen molar-refractivity contribution in [1.29, 1.82) is 0 Å². The molecular formula is C12H16N2O2. The number of nitrogens with two attached hydrogens (primary N) is 1. The molecule has 2 unspecified atom stereocenters. The summed E-state index contributed by atoms with van der Waals surface area (Å²) in [5.41, 5.74) is 7.67. The molecule has 4 nitrogen and oxygen atoms in total. The summed E-state index contributed by atoms with van der Waals surface area (Å²) in [7, 11) is 0. The first-order chi connectivity index (χ1) is 7.68. The Labute approximate surface area is 94.8 Å². The minimum absolute atomic E-state index is 0.0562. The highest BCUT2D eigenvalue weighted by Gasteiger charge is 2.31. The van der Waals surface area contributed by atoms with Crippen molar-refractivity contribution < 1.29 is 9.53 Å². The second-order valence-electron chi connectivity index (χ2n) is 4.11. The third kappa shape index (κ3) is 2.23. The van der Waals surface area contributed by atoms with E-state index in [-0.39, 0.29) is 17.9 Å². The average Bonchev–Trinajstić information content (AvgIpc) is 2.68. The largest absolute Gasteiger partial charge is 0.379 e. The highest BCUT2D eigenvalue weighted by molar-refractivity contribution is 5.93. The number of nitrogens with one attached hydrogen (secondary N) is 1. The highest BCUT2D eigenvalue weighted by atomic mass is 16.5. The van der Waals surface area contributed by atoms with Crippen LogP contribution in [0.4, 0.5) is 5.69 Å². The fourth-order valence-electron chi connectivity index (χ4n) is 1.78. The molecule has 0 radical (unpaired) electrons. The average molecular weight is 220 g/mol. The third-order valence-electron chi connectivity index (χ3n) is 2.86. The van der Waals surface area contributed by atoms with Crippen LogP contribution in [0.2, 0.25) is 0 Å². The molecule has 16 heavy (non-hydrogen) atoms. The summed E-state index contributed by atoms with van der Waals surface area (Å²) in [4.78, 5) is 11.9. The molecule has 1 fully saturated rings. The van der Waals surface area contributed by atoms with Crippen LogP contribution in [0.15, 0.2) is 24.3 Å². The van der Waals surface area contributed by atoms with Gasteiger partial charge < -0.3 is 15.8 Å². The summed E-state index contributed by atoms with van der Waals surface area (Å²) < 4.78 is 5.17. The molecular weight excluding hydrogens is 204 g/mol. The molecule has 0 saturated carbocycles. The van der Waals surface area contributed by atoms with Gasteiger partial charge in [0.25, 0.3) is 0 Å². The summed E-state index contributed by atoms with van der Waals surface area (Å²) in [6.45, 7) is 2.84. The summed E-state index contributed by atoms with van der Waals surface area (Å²) in [5.74, 6) is -0.293. The molecule has 3 N–H and O–H groups in total. The molecule has 1 saturated heterocycles. The summed E-state index contributed by atoms with van der Waals surface area (Å²) >= 11 is 0. The Balaban J connectivity index is 2.05. The first-order valence-electron chi connectivity index (χ1n) is 5.38. The Morgan fingerprint density at radius 3 is 2.81 bits per heavy atom. The van der Waals surface area contributed by atoms with E-state index >= 15 is 0 Å². The number of benzene rings is 1. The maximum absolute atomic E-state index is 11.9. The molecule has 4 heteroatoms. The van der Waals surface area contributed by atoms with Crippen molar-refractivity contribution in [3.63, 3.8) is 0 Å². The number of carbonyl (C=O) groups excluding carboxylic acids is 1. The van der Waals surface area contributed by atoms with Crippen molar-refractivity contribution in [2.45, 2.75) is 13.0 Å². The van der Waals surface area contributed by atoms with Crippen molar-refractivity contribution >= 4 is 11.6 Å². The van der Waals surface area contributed by atoms with Gasteiger partial charge in [-0.05, 0) is 18.6 Å². The Morgan fingerprint density at radius 1 is 1.44 bits per heavy atom. The maximum atomic E-state index is 11.9. The summed E-state index contributed by atoms with van der Waals surface area (Å²) in [6, 6.07) is 7.49. The van der Waals surface area contributed by atoms with E-state index in [0.29, 0.717) is 13.2 Å². The Hall–Kier alpha value is -1.39. The SMILES string of the molecule is Cc1ccccc1NC(=O)C1COCC1N. The minimum atomic E-state index is -0.236. The number of hydrogen-bond acceptors (Lipinski definition) is 3. The number of amides is 1. The van der Waals surface area contributed by atoms with Crippen LogP contribution in [0.3, 0.4) is 0 Å². The van der Waals surface area contributed by atoms with Gasteiger partial charge in [0.1, 0.15) is 0 Å². The van der Waals surface area contributed by atoms with Gasteiger partial charge in [-0.1, -0.05) is 18.2 Å². The van der Waals surface area contributed by atoms with Gasteiger partial charge in [0.15, 0.2) is 0 Å². The molecule has 1 aromatic carbocycles. The molecule has 1 aliphatic heterocycles. The Kier molecular flexibility index (Phi) is 3.22. The lowest BCUT2D eigenvalue weighted by atomic mass is 10.0. The zero-order chi connectivity index (χ0) is 11.5. The number of ether oxygens (including phenoxy) is 1. The topological polar surface area (TPSA) is 64.3 Å². The fraction of sp³-hybridized carbons (Fsp3) is 0.417. The monoisotopic (exact) mass is 220 g/mol. The van der Waals surface area contributed by atoms with Crippen molar-refractivity contribution in [1.82, 2.24) is 0 Å². The van der Waals surface area contributed by atoms with Gasteiger partial charge in [0, 0.05) is 11.7 Å². The first kappa shape index (κ1) is 11.1. The number of para-hydroxylation sites is 1. The molecule has 86 valence electrons. The van der Waals surface area contributed by atoms with Crippen molar-refractivity contribution in [3.8, 4) is 0 Å². The molecule has 0 aromatic heterocycles. The molecule has 2 rings (SSSR count).